The molecule has 3 aromatic rings. The first kappa shape index (κ1) is 18.8. The maximum atomic E-state index is 12.3. The van der Waals surface area contributed by atoms with E-state index < -0.39 is 0 Å². The molecule has 0 unspecified atom stereocenters. The van der Waals surface area contributed by atoms with Crippen LogP contribution in [0, 0.1) is 5.41 Å². The van der Waals surface area contributed by atoms with Gasteiger partial charge in [-0.3, -0.25) is 4.79 Å². The Morgan fingerprint density at radius 1 is 1.04 bits per heavy atom. The molecular formula is C24H24ClNO2. The summed E-state index contributed by atoms with van der Waals surface area (Å²) < 4.78 is 7.35. The Balaban J connectivity index is 2.02. The fourth-order valence-corrected chi connectivity index (χ4v) is 4.40. The molecule has 144 valence electrons. The zero-order valence-electron chi connectivity index (χ0n) is 16.5. The summed E-state index contributed by atoms with van der Waals surface area (Å²) in [7, 11) is 1.44. The van der Waals surface area contributed by atoms with E-state index in [1.54, 1.807) is 0 Å². The first-order valence-electron chi connectivity index (χ1n) is 9.52. The number of halogens is 1. The number of nitrogens with zero attached hydrogens (tertiary/aromatic N) is 1. The summed E-state index contributed by atoms with van der Waals surface area (Å²) in [6.07, 6.45) is 1.23. The van der Waals surface area contributed by atoms with E-state index in [-0.39, 0.29) is 17.8 Å². The quantitative estimate of drug-likeness (QED) is 0.526. The van der Waals surface area contributed by atoms with Gasteiger partial charge in [0.25, 0.3) is 0 Å². The number of ether oxygens (including phenoxy) is 1. The smallest absolute Gasteiger partial charge is 0.311 e. The van der Waals surface area contributed by atoms with E-state index in [1.165, 1.54) is 23.9 Å². The van der Waals surface area contributed by atoms with Crippen LogP contribution >= 0.6 is 11.6 Å². The number of hydrogen-bond acceptors (Lipinski definition) is 2. The Hall–Kier alpha value is -2.52. The first-order chi connectivity index (χ1) is 13.4. The molecular weight excluding hydrogens is 370 g/mol. The van der Waals surface area contributed by atoms with Crippen LogP contribution in [-0.4, -0.2) is 17.6 Å². The van der Waals surface area contributed by atoms with E-state index in [2.05, 4.69) is 42.7 Å². The van der Waals surface area contributed by atoms with Crippen LogP contribution in [0.5, 0.6) is 0 Å². The topological polar surface area (TPSA) is 31.2 Å². The number of fused-ring (bicyclic) bond motifs is 1. The second kappa shape index (κ2) is 7.14. The van der Waals surface area contributed by atoms with Crippen molar-refractivity contribution < 1.29 is 9.53 Å². The van der Waals surface area contributed by atoms with Crippen molar-refractivity contribution in [1.82, 2.24) is 4.57 Å². The Labute approximate surface area is 170 Å². The molecule has 0 bridgehead atoms. The fourth-order valence-electron chi connectivity index (χ4n) is 4.27. The number of esters is 1. The van der Waals surface area contributed by atoms with Crippen molar-refractivity contribution in [1.29, 1.82) is 0 Å². The van der Waals surface area contributed by atoms with Crippen molar-refractivity contribution >= 4 is 17.6 Å². The second-order valence-electron chi connectivity index (χ2n) is 8.20. The average molecular weight is 394 g/mol. The van der Waals surface area contributed by atoms with Crippen LogP contribution < -0.4 is 0 Å². The molecule has 0 fully saturated rings. The maximum Gasteiger partial charge on any atom is 0.311 e. The summed E-state index contributed by atoms with van der Waals surface area (Å²) in [4.78, 5) is 12.3. The summed E-state index contributed by atoms with van der Waals surface area (Å²) in [5.41, 5.74) is 7.04. The van der Waals surface area contributed by atoms with Crippen molar-refractivity contribution in [2.75, 3.05) is 7.11 Å². The lowest BCUT2D eigenvalue weighted by atomic mass is 9.86. The maximum absolute atomic E-state index is 12.3. The van der Waals surface area contributed by atoms with Gasteiger partial charge in [-0.2, -0.15) is 0 Å². The number of hydrogen-bond donors (Lipinski definition) is 0. The van der Waals surface area contributed by atoms with Gasteiger partial charge in [-0.05, 0) is 35.1 Å². The van der Waals surface area contributed by atoms with E-state index in [9.17, 15) is 4.79 Å². The minimum Gasteiger partial charge on any atom is -0.469 e. The molecule has 0 radical (unpaired) electrons. The van der Waals surface area contributed by atoms with Gasteiger partial charge in [0.1, 0.15) is 0 Å². The van der Waals surface area contributed by atoms with Gasteiger partial charge in [-0.15, -0.1) is 0 Å². The van der Waals surface area contributed by atoms with Crippen LogP contribution in [0.4, 0.5) is 0 Å². The number of carbonyl (C=O) groups is 1. The van der Waals surface area contributed by atoms with E-state index in [0.717, 1.165) is 29.8 Å². The van der Waals surface area contributed by atoms with Gasteiger partial charge >= 0.3 is 5.97 Å². The molecule has 3 nitrogen and oxygen atoms in total. The fraction of sp³-hybridized carbons (Fsp3) is 0.292. The third-order valence-electron chi connectivity index (χ3n) is 5.45. The number of carbonyl (C=O) groups excluding carboxylic acids is 1. The summed E-state index contributed by atoms with van der Waals surface area (Å²) in [6, 6.07) is 18.3. The van der Waals surface area contributed by atoms with Gasteiger partial charge in [0.15, 0.2) is 0 Å². The molecule has 0 atom stereocenters. The minimum absolute atomic E-state index is 0.155. The van der Waals surface area contributed by atoms with E-state index >= 15 is 0 Å². The van der Waals surface area contributed by atoms with Crippen LogP contribution in [-0.2, 0) is 28.9 Å². The Kier molecular flexibility index (Phi) is 4.80. The molecule has 1 aliphatic rings. The van der Waals surface area contributed by atoms with Crippen LogP contribution in [0.2, 0.25) is 5.02 Å². The molecule has 1 aliphatic heterocycles. The highest BCUT2D eigenvalue weighted by Crippen LogP contribution is 2.47. The zero-order chi connectivity index (χ0) is 19.9. The second-order valence-corrected chi connectivity index (χ2v) is 8.63. The predicted octanol–water partition coefficient (Wildman–Crippen LogP) is 5.77. The molecule has 0 saturated heterocycles. The van der Waals surface area contributed by atoms with E-state index in [4.69, 9.17) is 16.3 Å². The number of methoxy groups -OCH3 is 1. The van der Waals surface area contributed by atoms with Crippen molar-refractivity contribution in [3.05, 3.63) is 71.0 Å². The first-order valence-corrected chi connectivity index (χ1v) is 9.90. The third-order valence-corrected chi connectivity index (χ3v) is 5.70. The molecule has 2 aromatic carbocycles. The Bertz CT molecular complexity index is 1020. The van der Waals surface area contributed by atoms with E-state index in [1.807, 2.05) is 30.3 Å². The largest absolute Gasteiger partial charge is 0.469 e. The molecule has 0 N–H and O–H groups in total. The zero-order valence-corrected chi connectivity index (χ0v) is 17.2. The summed E-state index contributed by atoms with van der Waals surface area (Å²) in [6.45, 7) is 5.44. The van der Waals surface area contributed by atoms with Gasteiger partial charge in [0, 0.05) is 34.1 Å². The number of rotatable bonds is 4. The monoisotopic (exact) mass is 393 g/mol. The lowest BCUT2D eigenvalue weighted by molar-refractivity contribution is -0.139. The number of benzene rings is 2. The molecule has 0 saturated carbocycles. The standard InChI is InChI=1S/C24H24ClNO2/c1-24(2)14-20-23(16-7-5-4-6-8-16)22(17-9-11-18(25)12-10-17)19(26(20)15-24)13-21(27)28-3/h4-12H,13-15H2,1-3H3. The van der Waals surface area contributed by atoms with Gasteiger partial charge in [-0.1, -0.05) is 67.9 Å². The van der Waals surface area contributed by atoms with Gasteiger partial charge in [-0.25, -0.2) is 0 Å². The lowest BCUT2D eigenvalue weighted by Crippen LogP contribution is -2.16. The summed E-state index contributed by atoms with van der Waals surface area (Å²) in [5, 5.41) is 0.701. The van der Waals surface area contributed by atoms with E-state index in [0.29, 0.717) is 5.02 Å². The highest BCUT2D eigenvalue weighted by Gasteiger charge is 2.36. The average Bonchev–Trinajstić information content (AvgIpc) is 3.14. The highest BCUT2D eigenvalue weighted by atomic mass is 35.5. The van der Waals surface area contributed by atoms with Gasteiger partial charge in [0.05, 0.1) is 13.5 Å². The number of aromatic nitrogens is 1. The van der Waals surface area contributed by atoms with Crippen LogP contribution in [0.25, 0.3) is 22.3 Å². The predicted molar refractivity (Wildman–Crippen MR) is 114 cm³/mol. The SMILES string of the molecule is COC(=O)Cc1c(-c2ccc(Cl)cc2)c(-c2ccccc2)c2n1CC(C)(C)C2. The Morgan fingerprint density at radius 3 is 2.32 bits per heavy atom. The van der Waals surface area contributed by atoms with Crippen LogP contribution in [0.1, 0.15) is 25.2 Å². The summed E-state index contributed by atoms with van der Waals surface area (Å²) in [5.74, 6) is -0.222. The summed E-state index contributed by atoms with van der Waals surface area (Å²) >= 11 is 6.14. The lowest BCUT2D eigenvalue weighted by Gasteiger charge is -2.19. The molecule has 0 amide bonds. The highest BCUT2D eigenvalue weighted by molar-refractivity contribution is 6.30. The molecule has 4 heteroatoms. The van der Waals surface area contributed by atoms with Crippen molar-refractivity contribution in [2.24, 2.45) is 5.41 Å². The molecule has 0 aliphatic carbocycles. The van der Waals surface area contributed by atoms with Crippen LogP contribution in [0.15, 0.2) is 54.6 Å². The van der Waals surface area contributed by atoms with Gasteiger partial charge in [0.2, 0.25) is 0 Å². The van der Waals surface area contributed by atoms with Crippen molar-refractivity contribution in [2.45, 2.75) is 33.2 Å². The minimum atomic E-state index is -0.222. The van der Waals surface area contributed by atoms with Crippen molar-refractivity contribution in [3.8, 4) is 22.3 Å². The molecule has 4 rings (SSSR count). The molecule has 1 aromatic heterocycles. The Morgan fingerprint density at radius 2 is 1.68 bits per heavy atom. The third kappa shape index (κ3) is 3.35. The molecule has 0 spiro atoms. The van der Waals surface area contributed by atoms with Gasteiger partial charge < -0.3 is 9.30 Å². The van der Waals surface area contributed by atoms with Crippen molar-refractivity contribution in [3.63, 3.8) is 0 Å². The normalized spacial score (nSPS) is 14.7. The molecule has 2 heterocycles. The van der Waals surface area contributed by atoms with Crippen LogP contribution in [0.3, 0.4) is 0 Å². The molecule has 28 heavy (non-hydrogen) atoms.